The van der Waals surface area contributed by atoms with Crippen LogP contribution in [-0.4, -0.2) is 8.42 Å². The van der Waals surface area contributed by atoms with E-state index >= 15 is 0 Å². The van der Waals surface area contributed by atoms with E-state index in [1.165, 1.54) is 36.4 Å². The summed E-state index contributed by atoms with van der Waals surface area (Å²) in [6, 6.07) is 11.7. The van der Waals surface area contributed by atoms with Gasteiger partial charge in [-0.2, -0.15) is 0 Å². The van der Waals surface area contributed by atoms with Crippen LogP contribution in [0, 0.1) is 5.82 Å². The Morgan fingerprint density at radius 2 is 1.61 bits per heavy atom. The molecule has 0 heterocycles. The molecule has 2 aromatic rings. The Kier molecular flexibility index (Phi) is 3.34. The fraction of sp³-hybridized carbons (Fsp3) is 0.0769. The van der Waals surface area contributed by atoms with Gasteiger partial charge in [-0.25, -0.2) is 12.8 Å². The van der Waals surface area contributed by atoms with E-state index in [0.29, 0.717) is 5.56 Å². The summed E-state index contributed by atoms with van der Waals surface area (Å²) in [6.07, 6.45) is 0. The van der Waals surface area contributed by atoms with Gasteiger partial charge in [0, 0.05) is 0 Å². The Bertz CT molecular complexity index is 651. The van der Waals surface area contributed by atoms with Gasteiger partial charge in [-0.1, -0.05) is 24.3 Å². The van der Waals surface area contributed by atoms with E-state index < -0.39 is 15.7 Å². The van der Waals surface area contributed by atoms with E-state index in [0.717, 1.165) is 0 Å². The molecule has 2 N–H and O–H groups in total. The topological polar surface area (TPSA) is 60.2 Å². The average molecular weight is 265 g/mol. The Labute approximate surface area is 105 Å². The van der Waals surface area contributed by atoms with E-state index in [4.69, 9.17) is 5.73 Å². The molecule has 0 unspecified atom stereocenters. The van der Waals surface area contributed by atoms with Crippen LogP contribution in [0.5, 0.6) is 0 Å². The molecular formula is C13H12FNO2S. The molecule has 0 aliphatic carbocycles. The van der Waals surface area contributed by atoms with Crippen molar-refractivity contribution in [2.75, 3.05) is 5.73 Å². The van der Waals surface area contributed by atoms with Crippen LogP contribution in [0.3, 0.4) is 0 Å². The first-order chi connectivity index (χ1) is 8.49. The number of sulfone groups is 1. The first-order valence-electron chi connectivity index (χ1n) is 5.31. The average Bonchev–Trinajstić information content (AvgIpc) is 2.32. The van der Waals surface area contributed by atoms with Crippen LogP contribution in [0.15, 0.2) is 53.4 Å². The number of nitrogen functional groups attached to an aromatic ring is 1. The molecule has 0 amide bonds. The van der Waals surface area contributed by atoms with Crippen LogP contribution in [0.4, 0.5) is 10.1 Å². The summed E-state index contributed by atoms with van der Waals surface area (Å²) in [5.41, 5.74) is 6.39. The van der Waals surface area contributed by atoms with Gasteiger partial charge in [-0.05, 0) is 29.8 Å². The second-order valence-electron chi connectivity index (χ2n) is 3.92. The van der Waals surface area contributed by atoms with Gasteiger partial charge in [0.2, 0.25) is 0 Å². The van der Waals surface area contributed by atoms with Gasteiger partial charge in [0.1, 0.15) is 5.82 Å². The third kappa shape index (κ3) is 2.68. The van der Waals surface area contributed by atoms with Gasteiger partial charge in [0.15, 0.2) is 9.84 Å². The lowest BCUT2D eigenvalue weighted by atomic mass is 10.2. The highest BCUT2D eigenvalue weighted by atomic mass is 32.2. The molecule has 0 aliphatic heterocycles. The van der Waals surface area contributed by atoms with Crippen LogP contribution in [0.25, 0.3) is 0 Å². The number of hydrogen-bond acceptors (Lipinski definition) is 3. The second-order valence-corrected chi connectivity index (χ2v) is 5.88. The molecule has 3 nitrogen and oxygen atoms in total. The van der Waals surface area contributed by atoms with Crippen LogP contribution >= 0.6 is 0 Å². The van der Waals surface area contributed by atoms with Crippen molar-refractivity contribution >= 4 is 15.5 Å². The SMILES string of the molecule is Nc1ccccc1S(=O)(=O)Cc1ccc(F)cc1. The van der Waals surface area contributed by atoms with Crippen molar-refractivity contribution < 1.29 is 12.8 Å². The molecule has 0 spiro atoms. The molecule has 2 rings (SSSR count). The summed E-state index contributed by atoms with van der Waals surface area (Å²) >= 11 is 0. The molecule has 94 valence electrons. The molecule has 0 saturated heterocycles. The molecule has 0 aromatic heterocycles. The zero-order valence-electron chi connectivity index (χ0n) is 9.51. The Hall–Kier alpha value is -1.88. The van der Waals surface area contributed by atoms with E-state index in [-0.39, 0.29) is 16.3 Å². The van der Waals surface area contributed by atoms with Crippen LogP contribution in [0.2, 0.25) is 0 Å². The van der Waals surface area contributed by atoms with Crippen LogP contribution < -0.4 is 5.73 Å². The molecular weight excluding hydrogens is 253 g/mol. The molecule has 0 atom stereocenters. The lowest BCUT2D eigenvalue weighted by Crippen LogP contribution is -2.07. The lowest BCUT2D eigenvalue weighted by Gasteiger charge is -2.07. The van der Waals surface area contributed by atoms with Crippen molar-refractivity contribution in [3.05, 3.63) is 59.9 Å². The Morgan fingerprint density at radius 3 is 2.22 bits per heavy atom. The monoisotopic (exact) mass is 265 g/mol. The molecule has 5 heteroatoms. The number of rotatable bonds is 3. The zero-order chi connectivity index (χ0) is 13.2. The molecule has 18 heavy (non-hydrogen) atoms. The third-order valence-corrected chi connectivity index (χ3v) is 4.28. The number of halogens is 1. The van der Waals surface area contributed by atoms with Gasteiger partial charge in [-0.3, -0.25) is 0 Å². The van der Waals surface area contributed by atoms with Crippen molar-refractivity contribution in [1.29, 1.82) is 0 Å². The number of nitrogens with two attached hydrogens (primary N) is 1. The minimum atomic E-state index is -3.50. The quantitative estimate of drug-likeness (QED) is 0.867. The summed E-state index contributed by atoms with van der Waals surface area (Å²) in [5, 5.41) is 0. The van der Waals surface area contributed by atoms with Gasteiger partial charge in [0.05, 0.1) is 16.3 Å². The van der Waals surface area contributed by atoms with Crippen molar-refractivity contribution in [1.82, 2.24) is 0 Å². The summed E-state index contributed by atoms with van der Waals surface area (Å²) in [5.74, 6) is -0.586. The van der Waals surface area contributed by atoms with Gasteiger partial charge in [-0.15, -0.1) is 0 Å². The standard InChI is InChI=1S/C13H12FNO2S/c14-11-7-5-10(6-8-11)9-18(16,17)13-4-2-1-3-12(13)15/h1-8H,9,15H2. The van der Waals surface area contributed by atoms with Gasteiger partial charge < -0.3 is 5.73 Å². The molecule has 2 aromatic carbocycles. The van der Waals surface area contributed by atoms with Crippen molar-refractivity contribution in [3.8, 4) is 0 Å². The highest BCUT2D eigenvalue weighted by Gasteiger charge is 2.17. The van der Waals surface area contributed by atoms with E-state index in [1.54, 1.807) is 12.1 Å². The Balaban J connectivity index is 2.33. The predicted octanol–water partition coefficient (Wildman–Crippen LogP) is 2.38. The number of benzene rings is 2. The minimum absolute atomic E-state index is 0.106. The first kappa shape index (κ1) is 12.6. The van der Waals surface area contributed by atoms with Gasteiger partial charge >= 0.3 is 0 Å². The predicted molar refractivity (Wildman–Crippen MR) is 68.1 cm³/mol. The normalized spacial score (nSPS) is 11.4. The van der Waals surface area contributed by atoms with E-state index in [9.17, 15) is 12.8 Å². The van der Waals surface area contributed by atoms with Crippen LogP contribution in [-0.2, 0) is 15.6 Å². The van der Waals surface area contributed by atoms with Gasteiger partial charge in [0.25, 0.3) is 0 Å². The maximum Gasteiger partial charge on any atom is 0.184 e. The Morgan fingerprint density at radius 1 is 1.00 bits per heavy atom. The zero-order valence-corrected chi connectivity index (χ0v) is 10.3. The third-order valence-electron chi connectivity index (χ3n) is 2.52. The molecule has 0 bridgehead atoms. The molecule has 0 fully saturated rings. The lowest BCUT2D eigenvalue weighted by molar-refractivity contribution is 0.595. The van der Waals surface area contributed by atoms with E-state index in [2.05, 4.69) is 0 Å². The van der Waals surface area contributed by atoms with Crippen molar-refractivity contribution in [3.63, 3.8) is 0 Å². The summed E-state index contributed by atoms with van der Waals surface area (Å²) < 4.78 is 37.0. The van der Waals surface area contributed by atoms with Crippen molar-refractivity contribution in [2.24, 2.45) is 0 Å². The number of anilines is 1. The highest BCUT2D eigenvalue weighted by molar-refractivity contribution is 7.90. The smallest absolute Gasteiger partial charge is 0.184 e. The van der Waals surface area contributed by atoms with Crippen LogP contribution in [0.1, 0.15) is 5.56 Å². The largest absolute Gasteiger partial charge is 0.398 e. The maximum atomic E-state index is 12.7. The summed E-state index contributed by atoms with van der Waals surface area (Å²) in [4.78, 5) is 0.106. The fourth-order valence-electron chi connectivity index (χ4n) is 1.64. The second kappa shape index (κ2) is 4.78. The van der Waals surface area contributed by atoms with Crippen molar-refractivity contribution in [2.45, 2.75) is 10.6 Å². The minimum Gasteiger partial charge on any atom is -0.398 e. The highest BCUT2D eigenvalue weighted by Crippen LogP contribution is 2.22. The molecule has 0 radical (unpaired) electrons. The summed E-state index contributed by atoms with van der Waals surface area (Å²) in [6.45, 7) is 0. The van der Waals surface area contributed by atoms with E-state index in [1.807, 2.05) is 0 Å². The molecule has 0 saturated carbocycles. The first-order valence-corrected chi connectivity index (χ1v) is 6.96. The fourth-order valence-corrected chi connectivity index (χ4v) is 3.14. The maximum absolute atomic E-state index is 12.7. The number of hydrogen-bond donors (Lipinski definition) is 1. The summed E-state index contributed by atoms with van der Waals surface area (Å²) in [7, 11) is -3.50. The molecule has 0 aliphatic rings. The number of para-hydroxylation sites is 1.